The first-order valence-electron chi connectivity index (χ1n) is 8.13. The molecule has 0 amide bonds. The van der Waals surface area contributed by atoms with Gasteiger partial charge < -0.3 is 5.32 Å². The summed E-state index contributed by atoms with van der Waals surface area (Å²) in [6.07, 6.45) is 7.80. The van der Waals surface area contributed by atoms with Gasteiger partial charge in [0.1, 0.15) is 5.82 Å². The van der Waals surface area contributed by atoms with E-state index in [0.29, 0.717) is 12.0 Å². The van der Waals surface area contributed by atoms with Gasteiger partial charge in [-0.1, -0.05) is 26.2 Å². The van der Waals surface area contributed by atoms with Crippen molar-refractivity contribution in [3.8, 4) is 0 Å². The predicted octanol–water partition coefficient (Wildman–Crippen LogP) is 5.06. The molecule has 1 aromatic rings. The van der Waals surface area contributed by atoms with Crippen LogP contribution in [0.5, 0.6) is 0 Å². The standard InChI is InChI=1S/C18H28FN/c1-4-10-20-18(15-8-6-5-7-9-15)17-13(2)11-16(19)12-14(17)3/h11-12,15,18,20H,4-10H2,1-3H3. The summed E-state index contributed by atoms with van der Waals surface area (Å²) in [4.78, 5) is 0. The molecule has 2 heteroatoms. The molecule has 0 saturated heterocycles. The smallest absolute Gasteiger partial charge is 0.123 e. The van der Waals surface area contributed by atoms with Crippen molar-refractivity contribution in [1.82, 2.24) is 5.32 Å². The summed E-state index contributed by atoms with van der Waals surface area (Å²) < 4.78 is 13.5. The zero-order valence-electron chi connectivity index (χ0n) is 13.1. The highest BCUT2D eigenvalue weighted by molar-refractivity contribution is 5.37. The summed E-state index contributed by atoms with van der Waals surface area (Å²) in [5.41, 5.74) is 3.54. The first-order valence-corrected chi connectivity index (χ1v) is 8.13. The molecule has 0 aromatic heterocycles. The van der Waals surface area contributed by atoms with E-state index in [9.17, 15) is 4.39 Å². The largest absolute Gasteiger partial charge is 0.310 e. The molecule has 1 aliphatic carbocycles. The van der Waals surface area contributed by atoms with Gasteiger partial charge in [0.25, 0.3) is 0 Å². The number of hydrogen-bond acceptors (Lipinski definition) is 1. The molecule has 1 saturated carbocycles. The number of rotatable bonds is 5. The van der Waals surface area contributed by atoms with Crippen LogP contribution in [0.15, 0.2) is 12.1 Å². The first kappa shape index (κ1) is 15.5. The minimum Gasteiger partial charge on any atom is -0.310 e. The maximum absolute atomic E-state index is 13.5. The highest BCUT2D eigenvalue weighted by Gasteiger charge is 2.27. The van der Waals surface area contributed by atoms with Crippen LogP contribution in [0.2, 0.25) is 0 Å². The van der Waals surface area contributed by atoms with Crippen molar-refractivity contribution in [1.29, 1.82) is 0 Å². The van der Waals surface area contributed by atoms with Crippen LogP contribution >= 0.6 is 0 Å². The lowest BCUT2D eigenvalue weighted by Gasteiger charge is -2.33. The average Bonchev–Trinajstić information content (AvgIpc) is 2.42. The van der Waals surface area contributed by atoms with Crippen molar-refractivity contribution in [2.75, 3.05) is 6.54 Å². The fraction of sp³-hybridized carbons (Fsp3) is 0.667. The fourth-order valence-electron chi connectivity index (χ4n) is 3.68. The first-order chi connectivity index (χ1) is 9.63. The molecule has 1 nitrogen and oxygen atoms in total. The van der Waals surface area contributed by atoms with Crippen LogP contribution in [0, 0.1) is 25.6 Å². The molecule has 20 heavy (non-hydrogen) atoms. The van der Waals surface area contributed by atoms with Gasteiger partial charge in [-0.25, -0.2) is 4.39 Å². The summed E-state index contributed by atoms with van der Waals surface area (Å²) in [5, 5.41) is 3.73. The highest BCUT2D eigenvalue weighted by Crippen LogP contribution is 2.37. The number of aryl methyl sites for hydroxylation is 2. The van der Waals surface area contributed by atoms with Crippen LogP contribution in [0.1, 0.15) is 68.2 Å². The van der Waals surface area contributed by atoms with E-state index in [1.807, 2.05) is 0 Å². The second kappa shape index (κ2) is 7.21. The summed E-state index contributed by atoms with van der Waals surface area (Å²) in [7, 11) is 0. The Hall–Kier alpha value is -0.890. The molecule has 112 valence electrons. The van der Waals surface area contributed by atoms with Crippen molar-refractivity contribution in [3.63, 3.8) is 0 Å². The maximum Gasteiger partial charge on any atom is 0.123 e. The minimum absolute atomic E-state index is 0.110. The molecule has 1 aromatic carbocycles. The maximum atomic E-state index is 13.5. The quantitative estimate of drug-likeness (QED) is 0.793. The summed E-state index contributed by atoms with van der Waals surface area (Å²) in [6.45, 7) is 7.34. The molecule has 1 N–H and O–H groups in total. The van der Waals surface area contributed by atoms with Crippen LogP contribution in [0.25, 0.3) is 0 Å². The molecule has 1 atom stereocenters. The lowest BCUT2D eigenvalue weighted by molar-refractivity contribution is 0.270. The van der Waals surface area contributed by atoms with E-state index in [0.717, 1.165) is 24.1 Å². The number of halogens is 1. The SMILES string of the molecule is CCCNC(c1c(C)cc(F)cc1C)C1CCCCC1. The van der Waals surface area contributed by atoms with Gasteiger partial charge in [0.05, 0.1) is 0 Å². The van der Waals surface area contributed by atoms with E-state index >= 15 is 0 Å². The van der Waals surface area contributed by atoms with E-state index in [4.69, 9.17) is 0 Å². The van der Waals surface area contributed by atoms with Gasteiger partial charge in [0, 0.05) is 6.04 Å². The van der Waals surface area contributed by atoms with Crippen LogP contribution in [0.4, 0.5) is 4.39 Å². The molecule has 1 aliphatic rings. The van der Waals surface area contributed by atoms with Crippen molar-refractivity contribution in [3.05, 3.63) is 34.6 Å². The number of nitrogens with one attached hydrogen (secondary N) is 1. The Morgan fingerprint density at radius 3 is 2.30 bits per heavy atom. The van der Waals surface area contributed by atoms with Crippen LogP contribution in [0.3, 0.4) is 0 Å². The molecule has 1 unspecified atom stereocenters. The zero-order valence-corrected chi connectivity index (χ0v) is 13.1. The van der Waals surface area contributed by atoms with Gasteiger partial charge in [-0.15, -0.1) is 0 Å². The second-order valence-corrected chi connectivity index (χ2v) is 6.28. The Morgan fingerprint density at radius 1 is 1.15 bits per heavy atom. The van der Waals surface area contributed by atoms with Crippen LogP contribution in [-0.4, -0.2) is 6.54 Å². The van der Waals surface area contributed by atoms with Crippen molar-refractivity contribution in [2.24, 2.45) is 5.92 Å². The van der Waals surface area contributed by atoms with Gasteiger partial charge in [-0.05, 0) is 74.4 Å². The third-order valence-corrected chi connectivity index (χ3v) is 4.60. The van der Waals surface area contributed by atoms with Crippen LogP contribution < -0.4 is 5.32 Å². The molecular weight excluding hydrogens is 249 g/mol. The van der Waals surface area contributed by atoms with Gasteiger partial charge in [-0.3, -0.25) is 0 Å². The predicted molar refractivity (Wildman–Crippen MR) is 83.5 cm³/mol. The normalized spacial score (nSPS) is 18.2. The van der Waals surface area contributed by atoms with Gasteiger partial charge >= 0.3 is 0 Å². The Kier molecular flexibility index (Phi) is 5.59. The van der Waals surface area contributed by atoms with E-state index in [1.54, 1.807) is 12.1 Å². The van der Waals surface area contributed by atoms with Crippen molar-refractivity contribution < 1.29 is 4.39 Å². The minimum atomic E-state index is -0.110. The van der Waals surface area contributed by atoms with Gasteiger partial charge in [0.15, 0.2) is 0 Å². The summed E-state index contributed by atoms with van der Waals surface area (Å²) >= 11 is 0. The lowest BCUT2D eigenvalue weighted by Crippen LogP contribution is -2.31. The van der Waals surface area contributed by atoms with E-state index in [2.05, 4.69) is 26.1 Å². The highest BCUT2D eigenvalue weighted by atomic mass is 19.1. The van der Waals surface area contributed by atoms with E-state index < -0.39 is 0 Å². The zero-order chi connectivity index (χ0) is 14.5. The Morgan fingerprint density at radius 2 is 1.75 bits per heavy atom. The Labute approximate surface area is 123 Å². The molecule has 0 radical (unpaired) electrons. The topological polar surface area (TPSA) is 12.0 Å². The van der Waals surface area contributed by atoms with E-state index in [1.165, 1.54) is 37.7 Å². The Bertz CT molecular complexity index is 412. The van der Waals surface area contributed by atoms with Gasteiger partial charge in [0.2, 0.25) is 0 Å². The molecule has 0 spiro atoms. The lowest BCUT2D eigenvalue weighted by atomic mass is 9.79. The average molecular weight is 277 g/mol. The number of benzene rings is 1. The summed E-state index contributed by atoms with van der Waals surface area (Å²) in [6, 6.07) is 3.77. The van der Waals surface area contributed by atoms with Crippen LogP contribution in [-0.2, 0) is 0 Å². The summed E-state index contributed by atoms with van der Waals surface area (Å²) in [5.74, 6) is 0.597. The van der Waals surface area contributed by atoms with E-state index in [-0.39, 0.29) is 5.82 Å². The fourth-order valence-corrected chi connectivity index (χ4v) is 3.68. The third-order valence-electron chi connectivity index (χ3n) is 4.60. The monoisotopic (exact) mass is 277 g/mol. The molecule has 0 heterocycles. The molecule has 1 fully saturated rings. The molecular formula is C18H28FN. The second-order valence-electron chi connectivity index (χ2n) is 6.28. The van der Waals surface area contributed by atoms with Crippen molar-refractivity contribution >= 4 is 0 Å². The van der Waals surface area contributed by atoms with Crippen molar-refractivity contribution in [2.45, 2.75) is 65.3 Å². The molecule has 0 bridgehead atoms. The number of hydrogen-bond donors (Lipinski definition) is 1. The third kappa shape index (κ3) is 3.60. The molecule has 0 aliphatic heterocycles. The molecule has 2 rings (SSSR count). The Balaban J connectivity index is 2.29. The van der Waals surface area contributed by atoms with Gasteiger partial charge in [-0.2, -0.15) is 0 Å².